The van der Waals surface area contributed by atoms with Gasteiger partial charge in [-0.15, -0.1) is 0 Å². The van der Waals surface area contributed by atoms with E-state index in [1.54, 1.807) is 13.0 Å². The quantitative estimate of drug-likeness (QED) is 0.0772. The number of carbonyl (C=O) groups excluding carboxylic acids is 3. The normalized spacial score (nSPS) is 15.8. The molecular weight excluding hydrogens is 580 g/mol. The number of ether oxygens (including phenoxy) is 1. The summed E-state index contributed by atoms with van der Waals surface area (Å²) in [5, 5.41) is 5.69. The Kier molecular flexibility index (Phi) is 13.7. The molecule has 250 valence electrons. The van der Waals surface area contributed by atoms with Crippen LogP contribution >= 0.6 is 0 Å². The van der Waals surface area contributed by atoms with Crippen LogP contribution in [0.15, 0.2) is 66.0 Å². The van der Waals surface area contributed by atoms with Gasteiger partial charge in [0.1, 0.15) is 17.8 Å². The number of benzene rings is 2. The minimum Gasteiger partial charge on any atom is -0.488 e. The van der Waals surface area contributed by atoms with Gasteiger partial charge < -0.3 is 37.5 Å². The molecule has 0 spiro atoms. The van der Waals surface area contributed by atoms with Crippen LogP contribution in [0, 0.1) is 11.3 Å². The van der Waals surface area contributed by atoms with Crippen LogP contribution in [0.5, 0.6) is 5.75 Å². The third-order valence-electron chi connectivity index (χ3n) is 8.53. The minimum atomic E-state index is -0.654. The van der Waals surface area contributed by atoms with Crippen molar-refractivity contribution < 1.29 is 19.1 Å². The van der Waals surface area contributed by atoms with Gasteiger partial charge in [-0.3, -0.25) is 14.4 Å². The Balaban J connectivity index is 0.000000254. The molecule has 10 nitrogen and oxygen atoms in total. The number of Topliss-reactive ketones (excluding diaryl/α,β-unsaturated/α-hetero) is 1. The van der Waals surface area contributed by atoms with Gasteiger partial charge in [0.05, 0.1) is 5.82 Å². The highest BCUT2D eigenvalue weighted by Gasteiger charge is 2.54. The van der Waals surface area contributed by atoms with E-state index in [0.717, 1.165) is 74.7 Å². The van der Waals surface area contributed by atoms with E-state index in [2.05, 4.69) is 36.6 Å². The first-order valence-electron chi connectivity index (χ1n) is 16.2. The smallest absolute Gasteiger partial charge is 0.233 e. The molecule has 2 aliphatic carbocycles. The zero-order valence-corrected chi connectivity index (χ0v) is 27.8. The fraction of sp³-hybridized carbons (Fsp3) is 0.472. The molecule has 0 heterocycles. The van der Waals surface area contributed by atoms with Crippen LogP contribution in [0.3, 0.4) is 0 Å². The average Bonchev–Trinajstić information content (AvgIpc) is 3.85. The molecular formula is C36H52N6O4. The Morgan fingerprint density at radius 2 is 1.72 bits per heavy atom. The lowest BCUT2D eigenvalue weighted by Gasteiger charge is -2.39. The van der Waals surface area contributed by atoms with Crippen molar-refractivity contribution in [1.82, 2.24) is 10.2 Å². The van der Waals surface area contributed by atoms with E-state index in [1.807, 2.05) is 48.5 Å². The number of ketones is 1. The number of hydrogen-bond donors (Lipinski definition) is 5. The predicted octanol–water partition coefficient (Wildman–Crippen LogP) is 4.65. The van der Waals surface area contributed by atoms with Crippen molar-refractivity contribution in [3.8, 4) is 5.75 Å². The summed E-state index contributed by atoms with van der Waals surface area (Å²) in [6.07, 6.45) is 10.2. The molecule has 46 heavy (non-hydrogen) atoms. The molecule has 1 unspecified atom stereocenters. The summed E-state index contributed by atoms with van der Waals surface area (Å²) in [6, 6.07) is 15.0. The van der Waals surface area contributed by atoms with E-state index in [1.165, 1.54) is 0 Å². The Labute approximate surface area is 273 Å². The summed E-state index contributed by atoms with van der Waals surface area (Å²) in [5.74, 6) is 1.31. The second-order valence-electron chi connectivity index (χ2n) is 12.7. The van der Waals surface area contributed by atoms with E-state index < -0.39 is 5.41 Å². The van der Waals surface area contributed by atoms with Gasteiger partial charge in [0.2, 0.25) is 12.3 Å². The number of unbranched alkanes of at least 4 members (excludes halogenated alkanes) is 1. The van der Waals surface area contributed by atoms with Crippen LogP contribution in [0.4, 0.5) is 5.69 Å². The number of allylic oxidation sites excluding steroid dienone is 2. The molecule has 2 saturated carbocycles. The molecule has 2 aromatic carbocycles. The minimum absolute atomic E-state index is 0.00533. The van der Waals surface area contributed by atoms with Gasteiger partial charge >= 0.3 is 0 Å². The van der Waals surface area contributed by atoms with Crippen molar-refractivity contribution in [3.05, 3.63) is 77.1 Å². The molecule has 0 bridgehead atoms. The first kappa shape index (κ1) is 36.2. The molecule has 2 fully saturated rings. The molecule has 2 amide bonds. The van der Waals surface area contributed by atoms with Crippen molar-refractivity contribution in [1.29, 1.82) is 0 Å². The van der Waals surface area contributed by atoms with Gasteiger partial charge in [0, 0.05) is 28.9 Å². The van der Waals surface area contributed by atoms with Gasteiger partial charge in [0.15, 0.2) is 5.78 Å². The van der Waals surface area contributed by atoms with Gasteiger partial charge in [-0.1, -0.05) is 37.1 Å². The highest BCUT2D eigenvalue weighted by atomic mass is 16.5. The highest BCUT2D eigenvalue weighted by molar-refractivity contribution is 6.08. The molecule has 1 atom stereocenters. The van der Waals surface area contributed by atoms with Crippen molar-refractivity contribution in [2.45, 2.75) is 77.9 Å². The van der Waals surface area contributed by atoms with Crippen LogP contribution < -0.4 is 32.6 Å². The van der Waals surface area contributed by atoms with Gasteiger partial charge in [-0.05, 0) is 114 Å². The first-order valence-corrected chi connectivity index (χ1v) is 16.2. The summed E-state index contributed by atoms with van der Waals surface area (Å²) < 4.78 is 5.90. The van der Waals surface area contributed by atoms with Gasteiger partial charge in [-0.25, -0.2) is 0 Å². The Morgan fingerprint density at radius 3 is 2.28 bits per heavy atom. The third kappa shape index (κ3) is 10.7. The maximum Gasteiger partial charge on any atom is 0.233 e. The lowest BCUT2D eigenvalue weighted by Crippen LogP contribution is -2.53. The third-order valence-corrected chi connectivity index (χ3v) is 8.53. The maximum absolute atomic E-state index is 12.5. The SMILES string of the molecule is CC(/C=C(\N)c1ccccc1OCc1ccc(NC=O)cc1)=C(N)N.CC(CCCCN(C)C)NC(=O)C1(C(=O)C2CC2)CCC1. The van der Waals surface area contributed by atoms with E-state index in [-0.39, 0.29) is 29.5 Å². The second kappa shape index (κ2) is 17.4. The van der Waals surface area contributed by atoms with E-state index in [0.29, 0.717) is 30.0 Å². The molecule has 4 rings (SSSR count). The lowest BCUT2D eigenvalue weighted by molar-refractivity contribution is -0.149. The number of nitrogens with one attached hydrogen (secondary N) is 2. The van der Waals surface area contributed by atoms with E-state index in [9.17, 15) is 14.4 Å². The van der Waals surface area contributed by atoms with Crippen LogP contribution in [0.2, 0.25) is 0 Å². The van der Waals surface area contributed by atoms with Crippen molar-refractivity contribution in [2.75, 3.05) is 26.0 Å². The van der Waals surface area contributed by atoms with Crippen molar-refractivity contribution in [3.63, 3.8) is 0 Å². The van der Waals surface area contributed by atoms with Crippen LogP contribution in [0.1, 0.15) is 76.3 Å². The fourth-order valence-corrected chi connectivity index (χ4v) is 5.32. The van der Waals surface area contributed by atoms with E-state index in [4.69, 9.17) is 21.9 Å². The molecule has 0 aliphatic heterocycles. The molecule has 10 heteroatoms. The van der Waals surface area contributed by atoms with Crippen LogP contribution in [-0.4, -0.2) is 49.7 Å². The van der Waals surface area contributed by atoms with Gasteiger partial charge in [0.25, 0.3) is 0 Å². The second-order valence-corrected chi connectivity index (χ2v) is 12.7. The number of anilines is 1. The summed E-state index contributed by atoms with van der Waals surface area (Å²) in [7, 11) is 4.16. The molecule has 2 aromatic rings. The van der Waals surface area contributed by atoms with Crippen LogP contribution in [0.25, 0.3) is 5.70 Å². The molecule has 8 N–H and O–H groups in total. The standard InChI is InChI=1S/C19H22N4O2.C17H30N2O2/c1-13(19(21)22)10-17(20)16-4-2-3-5-18(16)25-11-14-6-8-15(9-7-14)23-12-24;1-13(7-4-5-12-19(2)3)18-16(21)17(10-6-11-17)15(20)14-8-9-14/h2-10,12H,11,20-22H2,1H3,(H,23,24);13-14H,4-12H2,1-3H3,(H,18,21)/b17-10-;. The number of rotatable bonds is 16. The number of nitrogens with zero attached hydrogens (tertiary/aromatic N) is 1. The maximum atomic E-state index is 12.5. The van der Waals surface area contributed by atoms with E-state index >= 15 is 0 Å². The van der Waals surface area contributed by atoms with Crippen molar-refractivity contribution >= 4 is 29.5 Å². The Morgan fingerprint density at radius 1 is 1.04 bits per heavy atom. The lowest BCUT2D eigenvalue weighted by atomic mass is 9.64. The molecule has 0 aromatic heterocycles. The fourth-order valence-electron chi connectivity index (χ4n) is 5.32. The molecule has 0 radical (unpaired) electrons. The summed E-state index contributed by atoms with van der Waals surface area (Å²) >= 11 is 0. The number of carbonyl (C=O) groups is 3. The predicted molar refractivity (Wildman–Crippen MR) is 184 cm³/mol. The Bertz CT molecular complexity index is 1370. The number of amides is 2. The van der Waals surface area contributed by atoms with Crippen LogP contribution in [-0.2, 0) is 21.0 Å². The average molecular weight is 633 g/mol. The topological polar surface area (TPSA) is 166 Å². The Hall–Kier alpha value is -4.31. The first-order chi connectivity index (χ1) is 22.0. The zero-order chi connectivity index (χ0) is 33.7. The number of hydrogen-bond acceptors (Lipinski definition) is 8. The number of nitrogens with two attached hydrogens (primary N) is 3. The monoisotopic (exact) mass is 632 g/mol. The van der Waals surface area contributed by atoms with Gasteiger partial charge in [-0.2, -0.15) is 0 Å². The zero-order valence-electron chi connectivity index (χ0n) is 27.8. The molecule has 2 aliphatic rings. The summed E-state index contributed by atoms with van der Waals surface area (Å²) in [4.78, 5) is 37.5. The highest BCUT2D eigenvalue weighted by Crippen LogP contribution is 2.48. The molecule has 0 saturated heterocycles. The number of para-hydroxylation sites is 1. The van der Waals surface area contributed by atoms with Crippen molar-refractivity contribution in [2.24, 2.45) is 28.5 Å². The largest absolute Gasteiger partial charge is 0.488 e. The summed E-state index contributed by atoms with van der Waals surface area (Å²) in [6.45, 7) is 5.31. The summed E-state index contributed by atoms with van der Waals surface area (Å²) in [5.41, 5.74) is 20.3.